The van der Waals surface area contributed by atoms with Crippen LogP contribution in [0.15, 0.2) is 66.7 Å². The van der Waals surface area contributed by atoms with E-state index in [0.29, 0.717) is 0 Å². The number of benzene rings is 2. The van der Waals surface area contributed by atoms with Gasteiger partial charge >= 0.3 is 5.97 Å². The smallest absolute Gasteiger partial charge is 0.325 e. The van der Waals surface area contributed by atoms with Gasteiger partial charge in [-0.15, -0.1) is 0 Å². The lowest BCUT2D eigenvalue weighted by Crippen LogP contribution is -2.59. The van der Waals surface area contributed by atoms with E-state index in [1.165, 1.54) is 4.90 Å². The van der Waals surface area contributed by atoms with Crippen LogP contribution in [0.25, 0.3) is 6.08 Å². The molecule has 6 heteroatoms. The number of nitrogens with one attached hydrogen (secondary N) is 1. The molecule has 2 heterocycles. The third-order valence-electron chi connectivity index (χ3n) is 6.47. The molecule has 160 valence electrons. The van der Waals surface area contributed by atoms with Crippen LogP contribution in [0.3, 0.4) is 0 Å². The van der Waals surface area contributed by atoms with Gasteiger partial charge in [0, 0.05) is 6.04 Å². The van der Waals surface area contributed by atoms with E-state index in [9.17, 15) is 19.5 Å². The summed E-state index contributed by atoms with van der Waals surface area (Å²) in [5.74, 6) is -3.94. The van der Waals surface area contributed by atoms with E-state index < -0.39 is 35.3 Å². The number of amides is 2. The summed E-state index contributed by atoms with van der Waals surface area (Å²) in [6.45, 7) is 3.70. The lowest BCUT2D eigenvalue weighted by molar-refractivity contribution is -0.153. The topological polar surface area (TPSA) is 86.7 Å². The number of carbonyl (C=O) groups is 3. The molecule has 0 spiro atoms. The third-order valence-corrected chi connectivity index (χ3v) is 6.47. The Kier molecular flexibility index (Phi) is 5.50. The summed E-state index contributed by atoms with van der Waals surface area (Å²) in [5, 5.41) is 13.4. The molecule has 2 saturated heterocycles. The minimum atomic E-state index is -1.51. The first-order valence-electron chi connectivity index (χ1n) is 10.5. The number of aliphatic carboxylic acids is 1. The fourth-order valence-electron chi connectivity index (χ4n) is 4.88. The number of fused-ring (bicyclic) bond motifs is 1. The maximum Gasteiger partial charge on any atom is 0.325 e. The Morgan fingerprint density at radius 3 is 2.26 bits per heavy atom. The number of carbonyl (C=O) groups excluding carboxylic acids is 2. The zero-order valence-corrected chi connectivity index (χ0v) is 17.6. The summed E-state index contributed by atoms with van der Waals surface area (Å²) < 4.78 is 0. The number of likely N-dealkylation sites (tertiary alicyclic amines) is 1. The first kappa shape index (κ1) is 21.0. The molecule has 6 nitrogen and oxygen atoms in total. The summed E-state index contributed by atoms with van der Waals surface area (Å²) in [6, 6.07) is 18.3. The number of imide groups is 1. The van der Waals surface area contributed by atoms with Crippen LogP contribution in [0.4, 0.5) is 0 Å². The summed E-state index contributed by atoms with van der Waals surface area (Å²) in [5.41, 5.74) is 0.268. The number of carboxylic acids is 1. The molecule has 31 heavy (non-hydrogen) atoms. The number of hydrogen-bond donors (Lipinski definition) is 2. The first-order chi connectivity index (χ1) is 14.9. The van der Waals surface area contributed by atoms with Gasteiger partial charge in [-0.3, -0.25) is 24.6 Å². The van der Waals surface area contributed by atoms with Gasteiger partial charge in [0.25, 0.3) is 0 Å². The maximum absolute atomic E-state index is 13.4. The highest BCUT2D eigenvalue weighted by Crippen LogP contribution is 2.47. The van der Waals surface area contributed by atoms with Crippen molar-refractivity contribution in [2.75, 3.05) is 0 Å². The molecule has 2 fully saturated rings. The standard InChI is InChI=1S/C25H26N2O4/c1-16(2)25(24(30)31)21-20(19(26-25)14-13-17-9-5-3-6-10-17)22(28)27(23(21)29)15-18-11-7-4-8-12-18/h3-14,16,19-21,26H,15H2,1-2H3,(H,30,31)/b14-13+. The lowest BCUT2D eigenvalue weighted by Gasteiger charge is -2.34. The quantitative estimate of drug-likeness (QED) is 0.705. The molecule has 2 aromatic rings. The van der Waals surface area contributed by atoms with Gasteiger partial charge in [0.2, 0.25) is 11.8 Å². The van der Waals surface area contributed by atoms with Crippen molar-refractivity contribution in [3.05, 3.63) is 77.9 Å². The normalized spacial score (nSPS) is 28.0. The van der Waals surface area contributed by atoms with E-state index in [2.05, 4.69) is 5.32 Å². The fourth-order valence-corrected chi connectivity index (χ4v) is 4.88. The van der Waals surface area contributed by atoms with Gasteiger partial charge in [0.15, 0.2) is 0 Å². The second kappa shape index (κ2) is 8.12. The molecule has 0 radical (unpaired) electrons. The maximum atomic E-state index is 13.4. The van der Waals surface area contributed by atoms with Gasteiger partial charge < -0.3 is 5.11 Å². The monoisotopic (exact) mass is 418 g/mol. The van der Waals surface area contributed by atoms with Gasteiger partial charge in [-0.1, -0.05) is 86.7 Å². The Bertz CT molecular complexity index is 1020. The summed E-state index contributed by atoms with van der Waals surface area (Å²) in [6.07, 6.45) is 3.68. The van der Waals surface area contributed by atoms with Crippen LogP contribution >= 0.6 is 0 Å². The highest BCUT2D eigenvalue weighted by Gasteiger charge is 2.68. The number of rotatable bonds is 6. The van der Waals surface area contributed by atoms with Crippen molar-refractivity contribution in [2.24, 2.45) is 17.8 Å². The van der Waals surface area contributed by atoms with Gasteiger partial charge in [0.05, 0.1) is 18.4 Å². The van der Waals surface area contributed by atoms with Crippen molar-refractivity contribution in [3.63, 3.8) is 0 Å². The highest BCUT2D eigenvalue weighted by molar-refractivity contribution is 6.09. The third kappa shape index (κ3) is 3.47. The van der Waals surface area contributed by atoms with Crippen molar-refractivity contribution in [2.45, 2.75) is 32.0 Å². The molecule has 2 aromatic carbocycles. The van der Waals surface area contributed by atoms with Crippen molar-refractivity contribution in [1.29, 1.82) is 0 Å². The van der Waals surface area contributed by atoms with Gasteiger partial charge in [-0.2, -0.15) is 0 Å². The summed E-state index contributed by atoms with van der Waals surface area (Å²) in [4.78, 5) is 40.5. The van der Waals surface area contributed by atoms with Crippen molar-refractivity contribution in [1.82, 2.24) is 10.2 Å². The largest absolute Gasteiger partial charge is 0.480 e. The van der Waals surface area contributed by atoms with Crippen molar-refractivity contribution >= 4 is 23.9 Å². The first-order valence-corrected chi connectivity index (χ1v) is 10.5. The van der Waals surface area contributed by atoms with E-state index >= 15 is 0 Å². The Morgan fingerprint density at radius 2 is 1.68 bits per heavy atom. The predicted molar refractivity (Wildman–Crippen MR) is 117 cm³/mol. The molecule has 2 N–H and O–H groups in total. The number of nitrogens with zero attached hydrogens (tertiary/aromatic N) is 1. The Balaban J connectivity index is 1.73. The number of hydrogen-bond acceptors (Lipinski definition) is 4. The molecular formula is C25H26N2O4. The average Bonchev–Trinajstić information content (AvgIpc) is 3.24. The van der Waals surface area contributed by atoms with Gasteiger partial charge in [-0.05, 0) is 17.0 Å². The van der Waals surface area contributed by atoms with E-state index in [4.69, 9.17) is 0 Å². The molecule has 0 aliphatic carbocycles. The van der Waals surface area contributed by atoms with Crippen molar-refractivity contribution in [3.8, 4) is 0 Å². The second-order valence-electron chi connectivity index (χ2n) is 8.52. The van der Waals surface area contributed by atoms with E-state index in [0.717, 1.165) is 11.1 Å². The van der Waals surface area contributed by atoms with Crippen LogP contribution in [0.1, 0.15) is 25.0 Å². The summed E-state index contributed by atoms with van der Waals surface area (Å²) in [7, 11) is 0. The molecule has 2 aliphatic rings. The molecule has 2 aliphatic heterocycles. The fraction of sp³-hybridized carbons (Fsp3) is 0.320. The van der Waals surface area contributed by atoms with Crippen LogP contribution in [-0.4, -0.2) is 39.4 Å². The molecular weight excluding hydrogens is 392 g/mol. The zero-order chi connectivity index (χ0) is 22.2. The minimum Gasteiger partial charge on any atom is -0.480 e. The lowest BCUT2D eigenvalue weighted by atomic mass is 9.73. The van der Waals surface area contributed by atoms with E-state index in [1.54, 1.807) is 13.8 Å². The predicted octanol–water partition coefficient (Wildman–Crippen LogP) is 2.95. The Hall–Kier alpha value is -3.25. The van der Waals surface area contributed by atoms with E-state index in [1.807, 2.05) is 72.8 Å². The van der Waals surface area contributed by atoms with Crippen LogP contribution in [0.2, 0.25) is 0 Å². The average molecular weight is 418 g/mol. The number of carboxylic acid groups (broad SMARTS) is 1. The van der Waals surface area contributed by atoms with Gasteiger partial charge in [-0.25, -0.2) is 0 Å². The van der Waals surface area contributed by atoms with Crippen LogP contribution in [0.5, 0.6) is 0 Å². The zero-order valence-electron chi connectivity index (χ0n) is 17.6. The second-order valence-corrected chi connectivity index (χ2v) is 8.52. The Labute approximate surface area is 181 Å². The van der Waals surface area contributed by atoms with Crippen molar-refractivity contribution < 1.29 is 19.5 Å². The molecule has 4 rings (SSSR count). The van der Waals surface area contributed by atoms with Crippen LogP contribution < -0.4 is 5.32 Å². The molecule has 2 amide bonds. The van der Waals surface area contributed by atoms with Gasteiger partial charge in [0.1, 0.15) is 5.54 Å². The van der Waals surface area contributed by atoms with Crippen LogP contribution in [-0.2, 0) is 20.9 Å². The Morgan fingerprint density at radius 1 is 1.06 bits per heavy atom. The molecule has 0 saturated carbocycles. The highest BCUT2D eigenvalue weighted by atomic mass is 16.4. The molecule has 4 unspecified atom stereocenters. The van der Waals surface area contributed by atoms with Crippen LogP contribution in [0, 0.1) is 17.8 Å². The summed E-state index contributed by atoms with van der Waals surface area (Å²) >= 11 is 0. The minimum absolute atomic E-state index is 0.147. The van der Waals surface area contributed by atoms with E-state index in [-0.39, 0.29) is 18.4 Å². The molecule has 0 bridgehead atoms. The molecule has 4 atom stereocenters. The molecule has 0 aromatic heterocycles. The SMILES string of the molecule is CC(C)C1(C(=O)O)NC(/C=C/c2ccccc2)C2C(=O)N(Cc3ccccc3)C(=O)C21.